The van der Waals surface area contributed by atoms with Gasteiger partial charge in [-0.1, -0.05) is 44.2 Å². The maximum Gasteiger partial charge on any atom is 0.122 e. The highest BCUT2D eigenvalue weighted by molar-refractivity contribution is 8.00. The van der Waals surface area contributed by atoms with Crippen molar-refractivity contribution in [2.24, 2.45) is 0 Å². The van der Waals surface area contributed by atoms with Crippen molar-refractivity contribution in [3.63, 3.8) is 0 Å². The zero-order valence-electron chi connectivity index (χ0n) is 21.8. The van der Waals surface area contributed by atoms with Gasteiger partial charge in [-0.2, -0.15) is 0 Å². The smallest absolute Gasteiger partial charge is 0.122 e. The molecule has 1 heterocycles. The van der Waals surface area contributed by atoms with Crippen LogP contribution in [0.4, 0.5) is 5.69 Å². The Labute approximate surface area is 206 Å². The fourth-order valence-electron chi connectivity index (χ4n) is 4.77. The standard InChI is InChI=1S/C29H43NO2S/c1-8-9-10-11-17-33-30-25-18-20(2)27(28(21(25)3)22(4)32-29(5,6)7)24-14-15-26-23(19-24)13-12-16-31-26/h14-15,18-19,22,30H,8-13,16-17H2,1-7H3. The summed E-state index contributed by atoms with van der Waals surface area (Å²) in [5.74, 6) is 2.17. The first kappa shape index (κ1) is 26.0. The minimum atomic E-state index is -0.210. The summed E-state index contributed by atoms with van der Waals surface area (Å²) in [7, 11) is 0. The number of nitrogens with one attached hydrogen (secondary N) is 1. The number of benzene rings is 2. The zero-order valence-corrected chi connectivity index (χ0v) is 22.6. The number of rotatable bonds is 10. The van der Waals surface area contributed by atoms with Crippen LogP contribution < -0.4 is 9.46 Å². The molecule has 0 saturated heterocycles. The van der Waals surface area contributed by atoms with E-state index in [1.807, 2.05) is 11.9 Å². The van der Waals surface area contributed by atoms with Crippen LogP contribution in [0.3, 0.4) is 0 Å². The van der Waals surface area contributed by atoms with Crippen molar-refractivity contribution in [1.29, 1.82) is 0 Å². The van der Waals surface area contributed by atoms with E-state index in [1.165, 1.54) is 64.8 Å². The van der Waals surface area contributed by atoms with Gasteiger partial charge in [0.1, 0.15) is 5.75 Å². The molecule has 1 unspecified atom stereocenters. The van der Waals surface area contributed by atoms with E-state index in [-0.39, 0.29) is 11.7 Å². The van der Waals surface area contributed by atoms with Gasteiger partial charge in [-0.25, -0.2) is 0 Å². The second-order valence-corrected chi connectivity index (χ2v) is 11.2. The summed E-state index contributed by atoms with van der Waals surface area (Å²) in [4.78, 5) is 0. The number of anilines is 1. The van der Waals surface area contributed by atoms with Crippen LogP contribution in [0.2, 0.25) is 0 Å². The van der Waals surface area contributed by atoms with Gasteiger partial charge in [0.25, 0.3) is 0 Å². The molecule has 0 spiro atoms. The van der Waals surface area contributed by atoms with Crippen molar-refractivity contribution in [3.05, 3.63) is 46.5 Å². The van der Waals surface area contributed by atoms with Crippen LogP contribution in [0.25, 0.3) is 11.1 Å². The molecule has 4 heteroatoms. The van der Waals surface area contributed by atoms with Gasteiger partial charge in [-0.05, 0) is 112 Å². The lowest BCUT2D eigenvalue weighted by Gasteiger charge is -2.30. The van der Waals surface area contributed by atoms with Crippen molar-refractivity contribution in [1.82, 2.24) is 0 Å². The van der Waals surface area contributed by atoms with Crippen LogP contribution in [-0.4, -0.2) is 18.0 Å². The molecule has 1 aliphatic heterocycles. The van der Waals surface area contributed by atoms with Crippen LogP contribution in [0, 0.1) is 13.8 Å². The normalized spacial score (nSPS) is 14.5. The van der Waals surface area contributed by atoms with Gasteiger partial charge < -0.3 is 14.2 Å². The highest BCUT2D eigenvalue weighted by Gasteiger charge is 2.25. The molecule has 1 N–H and O–H groups in total. The van der Waals surface area contributed by atoms with Gasteiger partial charge in [-0.3, -0.25) is 0 Å². The van der Waals surface area contributed by atoms with Crippen LogP contribution in [0.1, 0.15) is 95.1 Å². The first-order chi connectivity index (χ1) is 15.7. The molecule has 1 atom stereocenters. The summed E-state index contributed by atoms with van der Waals surface area (Å²) in [6.07, 6.45) is 7.33. The number of hydrogen-bond donors (Lipinski definition) is 1. The first-order valence-corrected chi connectivity index (χ1v) is 13.7. The third kappa shape index (κ3) is 6.93. The fourth-order valence-corrected chi connectivity index (χ4v) is 5.59. The molecule has 0 aromatic heterocycles. The molecule has 0 fully saturated rings. The van der Waals surface area contributed by atoms with E-state index in [0.717, 1.165) is 31.0 Å². The van der Waals surface area contributed by atoms with Crippen LogP contribution in [-0.2, 0) is 11.2 Å². The Kier molecular flexibility index (Phi) is 9.17. The molecule has 2 aromatic carbocycles. The Hall–Kier alpha value is -1.65. The van der Waals surface area contributed by atoms with Gasteiger partial charge in [-0.15, -0.1) is 0 Å². The Balaban J connectivity index is 1.97. The van der Waals surface area contributed by atoms with E-state index >= 15 is 0 Å². The van der Waals surface area contributed by atoms with Crippen molar-refractivity contribution in [3.8, 4) is 16.9 Å². The van der Waals surface area contributed by atoms with Crippen molar-refractivity contribution in [2.45, 2.75) is 98.7 Å². The summed E-state index contributed by atoms with van der Waals surface area (Å²) in [5, 5.41) is 0. The number of aryl methyl sites for hydroxylation is 2. The largest absolute Gasteiger partial charge is 0.493 e. The molecule has 0 bridgehead atoms. The highest BCUT2D eigenvalue weighted by Crippen LogP contribution is 2.42. The minimum absolute atomic E-state index is 0.0118. The lowest BCUT2D eigenvalue weighted by atomic mass is 9.87. The third-order valence-corrected chi connectivity index (χ3v) is 7.11. The molecule has 0 radical (unpaired) electrons. The quantitative estimate of drug-likeness (QED) is 0.278. The van der Waals surface area contributed by atoms with Crippen molar-refractivity contribution >= 4 is 17.6 Å². The summed E-state index contributed by atoms with van der Waals surface area (Å²) in [6, 6.07) is 9.01. The molecule has 3 nitrogen and oxygen atoms in total. The van der Waals surface area contributed by atoms with Crippen LogP contribution in [0.15, 0.2) is 24.3 Å². The summed E-state index contributed by atoms with van der Waals surface area (Å²) >= 11 is 1.83. The van der Waals surface area contributed by atoms with E-state index in [9.17, 15) is 0 Å². The second-order valence-electron chi connectivity index (χ2n) is 10.3. The lowest BCUT2D eigenvalue weighted by molar-refractivity contribution is -0.0529. The molecule has 0 aliphatic carbocycles. The first-order valence-electron chi connectivity index (χ1n) is 12.7. The highest BCUT2D eigenvalue weighted by atomic mass is 32.2. The average Bonchev–Trinajstić information content (AvgIpc) is 2.76. The molecule has 2 aromatic rings. The van der Waals surface area contributed by atoms with E-state index in [2.05, 4.69) is 77.5 Å². The summed E-state index contributed by atoms with van der Waals surface area (Å²) < 4.78 is 16.0. The molecule has 3 rings (SSSR count). The van der Waals surface area contributed by atoms with E-state index in [4.69, 9.17) is 9.47 Å². The topological polar surface area (TPSA) is 30.5 Å². The SMILES string of the molecule is CCCCCCSNc1cc(C)c(-c2ccc3c(c2)CCCO3)c(C(C)OC(C)(C)C)c1C. The van der Waals surface area contributed by atoms with Gasteiger partial charge >= 0.3 is 0 Å². The van der Waals surface area contributed by atoms with Crippen LogP contribution >= 0.6 is 11.9 Å². The van der Waals surface area contributed by atoms with Crippen molar-refractivity contribution < 1.29 is 9.47 Å². The molecule has 0 amide bonds. The Morgan fingerprint density at radius 1 is 1.12 bits per heavy atom. The summed E-state index contributed by atoms with van der Waals surface area (Å²) in [5.41, 5.74) is 8.73. The number of unbranched alkanes of at least 4 members (excludes halogenated alkanes) is 3. The molecular formula is C29H43NO2S. The predicted molar refractivity (Wildman–Crippen MR) is 145 cm³/mol. The van der Waals surface area contributed by atoms with Gasteiger partial charge in [0.2, 0.25) is 0 Å². The Bertz CT molecular complexity index is 932. The predicted octanol–water partition coefficient (Wildman–Crippen LogP) is 8.81. The van der Waals surface area contributed by atoms with Crippen LogP contribution in [0.5, 0.6) is 5.75 Å². The number of fused-ring (bicyclic) bond motifs is 1. The minimum Gasteiger partial charge on any atom is -0.493 e. The maximum absolute atomic E-state index is 6.50. The molecule has 33 heavy (non-hydrogen) atoms. The van der Waals surface area contributed by atoms with E-state index in [0.29, 0.717) is 0 Å². The third-order valence-electron chi connectivity index (χ3n) is 6.25. The Morgan fingerprint density at radius 3 is 2.64 bits per heavy atom. The average molecular weight is 470 g/mol. The van der Waals surface area contributed by atoms with Gasteiger partial charge in [0.05, 0.1) is 18.3 Å². The molecule has 0 saturated carbocycles. The number of hydrogen-bond acceptors (Lipinski definition) is 4. The van der Waals surface area contributed by atoms with E-state index in [1.54, 1.807) is 0 Å². The van der Waals surface area contributed by atoms with E-state index < -0.39 is 0 Å². The van der Waals surface area contributed by atoms with Crippen molar-refractivity contribution in [2.75, 3.05) is 17.1 Å². The second kappa shape index (κ2) is 11.7. The maximum atomic E-state index is 6.50. The number of ether oxygens (including phenoxy) is 2. The zero-order chi connectivity index (χ0) is 24.0. The van der Waals surface area contributed by atoms with Gasteiger partial charge in [0, 0.05) is 11.4 Å². The molecular weight excluding hydrogens is 426 g/mol. The monoisotopic (exact) mass is 469 g/mol. The lowest BCUT2D eigenvalue weighted by Crippen LogP contribution is -2.22. The summed E-state index contributed by atoms with van der Waals surface area (Å²) in [6.45, 7) is 16.2. The Morgan fingerprint density at radius 2 is 1.91 bits per heavy atom. The van der Waals surface area contributed by atoms with Gasteiger partial charge in [0.15, 0.2) is 0 Å². The molecule has 182 valence electrons. The fraction of sp³-hybridized carbons (Fsp3) is 0.586. The molecule has 1 aliphatic rings.